The van der Waals surface area contributed by atoms with Crippen molar-refractivity contribution in [1.29, 1.82) is 5.26 Å². The van der Waals surface area contributed by atoms with Crippen LogP contribution in [0.25, 0.3) is 0 Å². The molecule has 3 heterocycles. The Hall–Kier alpha value is -2.79. The molecule has 2 aromatic rings. The molecule has 124 valence electrons. The fourth-order valence-electron chi connectivity index (χ4n) is 2.56. The highest BCUT2D eigenvalue weighted by atomic mass is 16.5. The van der Waals surface area contributed by atoms with E-state index in [1.165, 1.54) is 0 Å². The summed E-state index contributed by atoms with van der Waals surface area (Å²) in [5, 5.41) is 16.0. The van der Waals surface area contributed by atoms with Crippen LogP contribution in [0, 0.1) is 18.3 Å². The van der Waals surface area contributed by atoms with Crippen LogP contribution in [0.1, 0.15) is 46.4 Å². The third kappa shape index (κ3) is 3.12. The summed E-state index contributed by atoms with van der Waals surface area (Å²) in [5.74, 6) is 1.18. The third-order valence-electron chi connectivity index (χ3n) is 3.95. The molecule has 0 aromatic carbocycles. The molecule has 3 rings (SSSR count). The van der Waals surface area contributed by atoms with Crippen LogP contribution >= 0.6 is 0 Å². The molecule has 1 aliphatic rings. The maximum absolute atomic E-state index is 12.7. The van der Waals surface area contributed by atoms with Gasteiger partial charge < -0.3 is 9.64 Å². The highest BCUT2D eigenvalue weighted by molar-refractivity contribution is 5.92. The standard InChI is InChI=1S/C16H18N6O2/c1-3-14-19-15(21-20-14)13-9-22(6-7-24-13)16(23)12-5-4-11(8-17)10(2)18-12/h4-5,13H,3,6-7,9H2,1-2H3,(H,19,20,21). The number of carbonyl (C=O) groups is 1. The number of ether oxygens (including phenoxy) is 1. The predicted octanol–water partition coefficient (Wildman–Crippen LogP) is 1.16. The molecule has 1 N–H and O–H groups in total. The number of hydrogen-bond acceptors (Lipinski definition) is 6. The summed E-state index contributed by atoms with van der Waals surface area (Å²) in [5.41, 5.74) is 1.35. The molecule has 24 heavy (non-hydrogen) atoms. The molecule has 0 spiro atoms. The quantitative estimate of drug-likeness (QED) is 0.906. The van der Waals surface area contributed by atoms with Gasteiger partial charge in [-0.25, -0.2) is 9.97 Å². The van der Waals surface area contributed by atoms with Crippen LogP contribution in [-0.2, 0) is 11.2 Å². The summed E-state index contributed by atoms with van der Waals surface area (Å²) >= 11 is 0. The number of rotatable bonds is 3. The second kappa shape index (κ2) is 6.76. The number of nitrogens with zero attached hydrogens (tertiary/aromatic N) is 5. The van der Waals surface area contributed by atoms with Crippen molar-refractivity contribution < 1.29 is 9.53 Å². The van der Waals surface area contributed by atoms with Gasteiger partial charge in [-0.3, -0.25) is 9.89 Å². The Balaban J connectivity index is 1.75. The smallest absolute Gasteiger partial charge is 0.272 e. The number of aryl methyl sites for hydroxylation is 2. The topological polar surface area (TPSA) is 108 Å². The van der Waals surface area contributed by atoms with Gasteiger partial charge >= 0.3 is 0 Å². The Morgan fingerprint density at radius 2 is 2.33 bits per heavy atom. The van der Waals surface area contributed by atoms with Gasteiger partial charge in [0, 0.05) is 13.0 Å². The van der Waals surface area contributed by atoms with E-state index in [9.17, 15) is 4.79 Å². The molecule has 1 saturated heterocycles. The number of carbonyl (C=O) groups excluding carboxylic acids is 1. The first-order valence-electron chi connectivity index (χ1n) is 7.82. The zero-order valence-electron chi connectivity index (χ0n) is 13.6. The second-order valence-electron chi connectivity index (χ2n) is 5.55. The highest BCUT2D eigenvalue weighted by Gasteiger charge is 2.29. The summed E-state index contributed by atoms with van der Waals surface area (Å²) in [4.78, 5) is 23.0. The molecule has 1 atom stereocenters. The highest BCUT2D eigenvalue weighted by Crippen LogP contribution is 2.20. The van der Waals surface area contributed by atoms with Gasteiger partial charge in [0.05, 0.1) is 24.4 Å². The van der Waals surface area contributed by atoms with Crippen molar-refractivity contribution in [2.24, 2.45) is 0 Å². The van der Waals surface area contributed by atoms with Crippen LogP contribution in [0.2, 0.25) is 0 Å². The van der Waals surface area contributed by atoms with E-state index in [0.29, 0.717) is 42.5 Å². The van der Waals surface area contributed by atoms with Crippen molar-refractivity contribution in [3.05, 3.63) is 40.7 Å². The summed E-state index contributed by atoms with van der Waals surface area (Å²) < 4.78 is 5.70. The molecule has 1 unspecified atom stereocenters. The minimum absolute atomic E-state index is 0.179. The van der Waals surface area contributed by atoms with Gasteiger partial charge in [-0.1, -0.05) is 6.92 Å². The number of nitriles is 1. The Labute approximate surface area is 139 Å². The fourth-order valence-corrected chi connectivity index (χ4v) is 2.56. The van der Waals surface area contributed by atoms with Crippen molar-refractivity contribution in [2.75, 3.05) is 19.7 Å². The second-order valence-corrected chi connectivity index (χ2v) is 5.55. The number of aromatic nitrogens is 4. The molecule has 0 radical (unpaired) electrons. The molecular weight excluding hydrogens is 308 g/mol. The number of pyridine rings is 1. The van der Waals surface area contributed by atoms with E-state index in [4.69, 9.17) is 10.00 Å². The van der Waals surface area contributed by atoms with Crippen LogP contribution in [0.4, 0.5) is 0 Å². The molecule has 8 nitrogen and oxygen atoms in total. The lowest BCUT2D eigenvalue weighted by atomic mass is 10.2. The molecule has 0 saturated carbocycles. The lowest BCUT2D eigenvalue weighted by Crippen LogP contribution is -2.42. The lowest BCUT2D eigenvalue weighted by Gasteiger charge is -2.31. The van der Waals surface area contributed by atoms with Crippen LogP contribution in [0.5, 0.6) is 0 Å². The fraction of sp³-hybridized carbons (Fsp3) is 0.438. The van der Waals surface area contributed by atoms with E-state index < -0.39 is 0 Å². The first-order chi connectivity index (χ1) is 11.6. The van der Waals surface area contributed by atoms with Gasteiger partial charge in [0.25, 0.3) is 5.91 Å². The Morgan fingerprint density at radius 1 is 1.50 bits per heavy atom. The summed E-state index contributed by atoms with van der Waals surface area (Å²) in [7, 11) is 0. The van der Waals surface area contributed by atoms with E-state index in [0.717, 1.165) is 12.2 Å². The number of morpholine rings is 1. The minimum Gasteiger partial charge on any atom is -0.366 e. The molecule has 1 aliphatic heterocycles. The zero-order chi connectivity index (χ0) is 17.1. The number of nitrogens with one attached hydrogen (secondary N) is 1. The zero-order valence-corrected chi connectivity index (χ0v) is 13.6. The molecule has 1 amide bonds. The molecule has 0 bridgehead atoms. The normalized spacial score (nSPS) is 17.5. The average molecular weight is 326 g/mol. The van der Waals surface area contributed by atoms with Crippen molar-refractivity contribution >= 4 is 5.91 Å². The van der Waals surface area contributed by atoms with Gasteiger partial charge in [0.1, 0.15) is 23.7 Å². The molecule has 1 fully saturated rings. The first-order valence-corrected chi connectivity index (χ1v) is 7.82. The number of amides is 1. The van der Waals surface area contributed by atoms with Crippen molar-refractivity contribution in [2.45, 2.75) is 26.4 Å². The van der Waals surface area contributed by atoms with Crippen molar-refractivity contribution in [3.63, 3.8) is 0 Å². The Morgan fingerprint density at radius 3 is 3.00 bits per heavy atom. The van der Waals surface area contributed by atoms with Crippen LogP contribution in [0.3, 0.4) is 0 Å². The van der Waals surface area contributed by atoms with E-state index in [1.54, 1.807) is 24.0 Å². The summed E-state index contributed by atoms with van der Waals surface area (Å²) in [6.07, 6.45) is 0.412. The van der Waals surface area contributed by atoms with Gasteiger partial charge in [0.15, 0.2) is 5.82 Å². The number of hydrogen-bond donors (Lipinski definition) is 1. The van der Waals surface area contributed by atoms with Crippen LogP contribution in [-0.4, -0.2) is 50.7 Å². The molecule has 8 heteroatoms. The van der Waals surface area contributed by atoms with Crippen molar-refractivity contribution in [1.82, 2.24) is 25.1 Å². The third-order valence-corrected chi connectivity index (χ3v) is 3.95. The van der Waals surface area contributed by atoms with E-state index in [-0.39, 0.29) is 12.0 Å². The number of H-pyrrole nitrogens is 1. The Kier molecular flexibility index (Phi) is 4.53. The van der Waals surface area contributed by atoms with Gasteiger partial charge in [0.2, 0.25) is 0 Å². The van der Waals surface area contributed by atoms with Gasteiger partial charge in [-0.15, -0.1) is 0 Å². The van der Waals surface area contributed by atoms with Crippen LogP contribution < -0.4 is 0 Å². The maximum atomic E-state index is 12.7. The van der Waals surface area contributed by atoms with Gasteiger partial charge in [-0.2, -0.15) is 10.4 Å². The van der Waals surface area contributed by atoms with E-state index in [2.05, 4.69) is 20.2 Å². The van der Waals surface area contributed by atoms with E-state index in [1.807, 2.05) is 13.0 Å². The maximum Gasteiger partial charge on any atom is 0.272 e. The molecular formula is C16H18N6O2. The Bertz CT molecular complexity index is 794. The van der Waals surface area contributed by atoms with E-state index >= 15 is 0 Å². The van der Waals surface area contributed by atoms with Crippen LogP contribution in [0.15, 0.2) is 12.1 Å². The largest absolute Gasteiger partial charge is 0.366 e. The molecule has 0 aliphatic carbocycles. The monoisotopic (exact) mass is 326 g/mol. The lowest BCUT2D eigenvalue weighted by molar-refractivity contribution is -0.0268. The average Bonchev–Trinajstić information content (AvgIpc) is 3.10. The van der Waals surface area contributed by atoms with Gasteiger partial charge in [-0.05, 0) is 19.1 Å². The predicted molar refractivity (Wildman–Crippen MR) is 84.0 cm³/mol. The minimum atomic E-state index is -0.348. The SMILES string of the molecule is CCc1nc(C2CN(C(=O)c3ccc(C#N)c(C)n3)CCO2)n[nH]1. The van der Waals surface area contributed by atoms with Crippen molar-refractivity contribution in [3.8, 4) is 6.07 Å². The number of aromatic amines is 1. The first kappa shape index (κ1) is 16.1. The summed E-state index contributed by atoms with van der Waals surface area (Å²) in [6, 6.07) is 5.25. The molecule has 2 aromatic heterocycles. The summed E-state index contributed by atoms with van der Waals surface area (Å²) in [6.45, 7) is 4.99.